The van der Waals surface area contributed by atoms with Crippen LogP contribution < -0.4 is 10.1 Å². The summed E-state index contributed by atoms with van der Waals surface area (Å²) in [4.78, 5) is 16.7. The van der Waals surface area contributed by atoms with Gasteiger partial charge >= 0.3 is 0 Å². The van der Waals surface area contributed by atoms with Gasteiger partial charge in [-0.25, -0.2) is 4.98 Å². The highest BCUT2D eigenvalue weighted by molar-refractivity contribution is 7.13. The predicted octanol–water partition coefficient (Wildman–Crippen LogP) is 4.84. The number of rotatable bonds is 7. The van der Waals surface area contributed by atoms with Crippen LogP contribution in [-0.4, -0.2) is 17.4 Å². The molecule has 4 rings (SSSR count). The number of hydrogen-bond acceptors (Lipinski definition) is 4. The van der Waals surface area contributed by atoms with Crippen LogP contribution >= 0.6 is 11.3 Å². The van der Waals surface area contributed by atoms with Crippen molar-refractivity contribution in [3.63, 3.8) is 0 Å². The predicted molar refractivity (Wildman–Crippen MR) is 108 cm³/mol. The van der Waals surface area contributed by atoms with Crippen LogP contribution in [0, 0.1) is 12.8 Å². The standard InChI is InChI=1S/C22H22N2O2S/c1-15-4-2-5-17(10-15)13-26-19-7-3-6-18(11-19)22-24-20(14-27-22)21(25)23-12-16-8-9-16/h2-7,10-11,14,16H,8-9,12-13H2,1H3,(H,23,25). The summed E-state index contributed by atoms with van der Waals surface area (Å²) < 4.78 is 5.93. The Kier molecular flexibility index (Phi) is 5.21. The Morgan fingerprint density at radius 3 is 2.89 bits per heavy atom. The summed E-state index contributed by atoms with van der Waals surface area (Å²) in [5, 5.41) is 5.60. The van der Waals surface area contributed by atoms with Crippen LogP contribution in [0.3, 0.4) is 0 Å². The van der Waals surface area contributed by atoms with Gasteiger partial charge in [-0.2, -0.15) is 0 Å². The lowest BCUT2D eigenvalue weighted by molar-refractivity contribution is 0.0947. The monoisotopic (exact) mass is 378 g/mol. The van der Waals surface area contributed by atoms with Crippen molar-refractivity contribution in [2.45, 2.75) is 26.4 Å². The van der Waals surface area contributed by atoms with Crippen LogP contribution in [0.1, 0.15) is 34.5 Å². The quantitative estimate of drug-likeness (QED) is 0.640. The maximum absolute atomic E-state index is 12.2. The summed E-state index contributed by atoms with van der Waals surface area (Å²) in [6.45, 7) is 3.36. The van der Waals surface area contributed by atoms with Gasteiger partial charge in [0.05, 0.1) is 0 Å². The minimum Gasteiger partial charge on any atom is -0.489 e. The van der Waals surface area contributed by atoms with Gasteiger partial charge in [-0.1, -0.05) is 42.0 Å². The van der Waals surface area contributed by atoms with Crippen LogP contribution in [-0.2, 0) is 6.61 Å². The van der Waals surface area contributed by atoms with Crippen molar-refractivity contribution in [3.8, 4) is 16.3 Å². The molecule has 27 heavy (non-hydrogen) atoms. The molecule has 0 aliphatic heterocycles. The zero-order valence-electron chi connectivity index (χ0n) is 15.3. The van der Waals surface area contributed by atoms with Gasteiger partial charge in [0.2, 0.25) is 0 Å². The molecule has 1 aromatic heterocycles. The molecular formula is C22H22N2O2S. The average molecular weight is 378 g/mol. The van der Waals surface area contributed by atoms with Gasteiger partial charge in [-0.05, 0) is 43.4 Å². The Hall–Kier alpha value is -2.66. The molecular weight excluding hydrogens is 356 g/mol. The fourth-order valence-corrected chi connectivity index (χ4v) is 3.64. The molecule has 1 aliphatic rings. The van der Waals surface area contributed by atoms with E-state index in [9.17, 15) is 4.79 Å². The zero-order valence-corrected chi connectivity index (χ0v) is 16.1. The van der Waals surface area contributed by atoms with Crippen LogP contribution in [0.15, 0.2) is 53.9 Å². The third kappa shape index (κ3) is 4.74. The highest BCUT2D eigenvalue weighted by atomic mass is 32.1. The highest BCUT2D eigenvalue weighted by Crippen LogP contribution is 2.29. The van der Waals surface area contributed by atoms with E-state index in [1.807, 2.05) is 35.7 Å². The first-order valence-corrected chi connectivity index (χ1v) is 10.1. The highest BCUT2D eigenvalue weighted by Gasteiger charge is 2.22. The van der Waals surface area contributed by atoms with Crippen molar-refractivity contribution < 1.29 is 9.53 Å². The molecule has 0 saturated heterocycles. The molecule has 0 atom stereocenters. The summed E-state index contributed by atoms with van der Waals surface area (Å²) in [6.07, 6.45) is 2.44. The van der Waals surface area contributed by atoms with Gasteiger partial charge in [0, 0.05) is 17.5 Å². The maximum Gasteiger partial charge on any atom is 0.270 e. The van der Waals surface area contributed by atoms with Crippen molar-refractivity contribution in [2.75, 3.05) is 6.54 Å². The molecule has 1 amide bonds. The molecule has 0 radical (unpaired) electrons. The summed E-state index contributed by atoms with van der Waals surface area (Å²) >= 11 is 1.48. The fraction of sp³-hybridized carbons (Fsp3) is 0.273. The number of thiazole rings is 1. The lowest BCUT2D eigenvalue weighted by atomic mass is 10.1. The second-order valence-electron chi connectivity index (χ2n) is 7.00. The average Bonchev–Trinajstić information content (AvgIpc) is 3.38. The smallest absolute Gasteiger partial charge is 0.270 e. The number of nitrogens with one attached hydrogen (secondary N) is 1. The number of aromatic nitrogens is 1. The van der Waals surface area contributed by atoms with Gasteiger partial charge in [-0.15, -0.1) is 11.3 Å². The van der Waals surface area contributed by atoms with E-state index in [4.69, 9.17) is 4.74 Å². The lowest BCUT2D eigenvalue weighted by Gasteiger charge is -2.08. The molecule has 5 heteroatoms. The number of benzene rings is 2. The second kappa shape index (κ2) is 7.92. The molecule has 4 nitrogen and oxygen atoms in total. The number of carbonyl (C=O) groups is 1. The molecule has 0 unspecified atom stereocenters. The van der Waals surface area contributed by atoms with Gasteiger partial charge in [0.15, 0.2) is 0 Å². The molecule has 1 heterocycles. The molecule has 1 aliphatic carbocycles. The SMILES string of the molecule is Cc1cccc(COc2cccc(-c3nc(C(=O)NCC4CC4)cs3)c2)c1. The number of hydrogen-bond donors (Lipinski definition) is 1. The Morgan fingerprint density at radius 1 is 1.22 bits per heavy atom. The Morgan fingerprint density at radius 2 is 2.07 bits per heavy atom. The van der Waals surface area contributed by atoms with Gasteiger partial charge < -0.3 is 10.1 Å². The summed E-state index contributed by atoms with van der Waals surface area (Å²) in [5.41, 5.74) is 3.81. The number of amides is 1. The van der Waals surface area contributed by atoms with Crippen molar-refractivity contribution in [1.29, 1.82) is 0 Å². The summed E-state index contributed by atoms with van der Waals surface area (Å²) in [7, 11) is 0. The molecule has 0 spiro atoms. The van der Waals surface area contributed by atoms with Crippen LogP contribution in [0.4, 0.5) is 0 Å². The van der Waals surface area contributed by atoms with E-state index in [0.717, 1.165) is 28.4 Å². The first-order valence-electron chi connectivity index (χ1n) is 9.20. The van der Waals surface area contributed by atoms with Crippen molar-refractivity contribution in [1.82, 2.24) is 10.3 Å². The minimum atomic E-state index is -0.0868. The number of ether oxygens (including phenoxy) is 1. The van der Waals surface area contributed by atoms with Gasteiger partial charge in [0.25, 0.3) is 5.91 Å². The van der Waals surface area contributed by atoms with Crippen molar-refractivity contribution in [3.05, 3.63) is 70.7 Å². The maximum atomic E-state index is 12.2. The minimum absolute atomic E-state index is 0.0868. The first kappa shape index (κ1) is 17.7. The van der Waals surface area contributed by atoms with E-state index >= 15 is 0 Å². The van der Waals surface area contributed by atoms with Crippen LogP contribution in [0.2, 0.25) is 0 Å². The largest absolute Gasteiger partial charge is 0.489 e. The summed E-state index contributed by atoms with van der Waals surface area (Å²) in [5.74, 6) is 1.37. The van der Waals surface area contributed by atoms with E-state index in [2.05, 4.69) is 35.4 Å². The van der Waals surface area contributed by atoms with Crippen LogP contribution in [0.25, 0.3) is 10.6 Å². The van der Waals surface area contributed by atoms with E-state index < -0.39 is 0 Å². The van der Waals surface area contributed by atoms with Crippen molar-refractivity contribution in [2.24, 2.45) is 5.92 Å². The Bertz CT molecular complexity index is 947. The van der Waals surface area contributed by atoms with E-state index in [-0.39, 0.29) is 5.91 Å². The molecule has 1 fully saturated rings. The normalized spacial score (nSPS) is 13.4. The lowest BCUT2D eigenvalue weighted by Crippen LogP contribution is -2.25. The zero-order chi connectivity index (χ0) is 18.6. The van der Waals surface area contributed by atoms with E-state index in [1.165, 1.54) is 29.7 Å². The third-order valence-corrected chi connectivity index (χ3v) is 5.45. The number of carbonyl (C=O) groups excluding carboxylic acids is 1. The number of nitrogens with zero attached hydrogens (tertiary/aromatic N) is 1. The second-order valence-corrected chi connectivity index (χ2v) is 7.85. The molecule has 1 N–H and O–H groups in total. The summed E-state index contributed by atoms with van der Waals surface area (Å²) in [6, 6.07) is 16.2. The van der Waals surface area contributed by atoms with E-state index in [0.29, 0.717) is 18.2 Å². The molecule has 138 valence electrons. The van der Waals surface area contributed by atoms with E-state index in [1.54, 1.807) is 0 Å². The van der Waals surface area contributed by atoms with Crippen LogP contribution in [0.5, 0.6) is 5.75 Å². The first-order chi connectivity index (χ1) is 13.2. The van der Waals surface area contributed by atoms with Gasteiger partial charge in [-0.3, -0.25) is 4.79 Å². The Labute approximate surface area is 163 Å². The molecule has 3 aromatic rings. The number of aryl methyl sites for hydroxylation is 1. The topological polar surface area (TPSA) is 51.2 Å². The third-order valence-electron chi connectivity index (χ3n) is 4.55. The molecule has 0 bridgehead atoms. The molecule has 2 aromatic carbocycles. The van der Waals surface area contributed by atoms with Crippen molar-refractivity contribution >= 4 is 17.2 Å². The molecule has 1 saturated carbocycles. The fourth-order valence-electron chi connectivity index (χ4n) is 2.85. The Balaban J connectivity index is 1.41. The van der Waals surface area contributed by atoms with Gasteiger partial charge in [0.1, 0.15) is 23.1 Å².